The van der Waals surface area contributed by atoms with Crippen LogP contribution >= 0.6 is 11.6 Å². The number of nitrogens with one attached hydrogen (secondary N) is 1. The topological polar surface area (TPSA) is 102 Å². The van der Waals surface area contributed by atoms with Crippen LogP contribution in [0.4, 0.5) is 0 Å². The molecule has 1 aromatic carbocycles. The Morgan fingerprint density at radius 1 is 1.43 bits per heavy atom. The van der Waals surface area contributed by atoms with Crippen molar-refractivity contribution in [3.05, 3.63) is 41.0 Å². The van der Waals surface area contributed by atoms with E-state index in [4.69, 9.17) is 20.9 Å². The number of ether oxygens (including phenoxy) is 1. The molecule has 0 saturated carbocycles. The van der Waals surface area contributed by atoms with Crippen LogP contribution in [0.1, 0.15) is 17.4 Å². The Balaban J connectivity index is 2.20. The molecular formula is C15H15ClN2O5. The van der Waals surface area contributed by atoms with Crippen molar-refractivity contribution in [3.63, 3.8) is 0 Å². The van der Waals surface area contributed by atoms with Crippen molar-refractivity contribution in [2.45, 2.75) is 12.5 Å². The normalized spacial score (nSPS) is 13.3. The highest BCUT2D eigenvalue weighted by Crippen LogP contribution is 2.23. The fraction of sp³-hybridized carbons (Fsp3) is 0.267. The van der Waals surface area contributed by atoms with E-state index in [1.54, 1.807) is 24.3 Å². The lowest BCUT2D eigenvalue weighted by Crippen LogP contribution is -2.55. The number of carboxylic acid groups (broad SMARTS) is 1. The summed E-state index contributed by atoms with van der Waals surface area (Å²) in [6.45, 7) is 1.15. The van der Waals surface area contributed by atoms with Crippen molar-refractivity contribution < 1.29 is 24.0 Å². The molecule has 1 amide bonds. The molecule has 0 bridgehead atoms. The van der Waals surface area contributed by atoms with Gasteiger partial charge in [0.25, 0.3) is 5.91 Å². The molecule has 23 heavy (non-hydrogen) atoms. The largest absolute Gasteiger partial charge is 0.479 e. The Labute approximate surface area is 137 Å². The van der Waals surface area contributed by atoms with E-state index in [1.807, 2.05) is 0 Å². The highest BCUT2D eigenvalue weighted by Gasteiger charge is 2.36. The fourth-order valence-corrected chi connectivity index (χ4v) is 2.10. The van der Waals surface area contributed by atoms with Crippen LogP contribution in [0.15, 0.2) is 34.9 Å². The number of aliphatic carboxylic acids is 1. The van der Waals surface area contributed by atoms with Crippen molar-refractivity contribution in [1.29, 1.82) is 0 Å². The highest BCUT2D eigenvalue weighted by molar-refractivity contribution is 6.30. The third-order valence-electron chi connectivity index (χ3n) is 3.15. The zero-order valence-corrected chi connectivity index (χ0v) is 13.3. The third kappa shape index (κ3) is 3.88. The van der Waals surface area contributed by atoms with E-state index in [0.29, 0.717) is 16.3 Å². The van der Waals surface area contributed by atoms with E-state index in [1.165, 1.54) is 20.1 Å². The van der Waals surface area contributed by atoms with Gasteiger partial charge in [-0.2, -0.15) is 0 Å². The number of nitrogens with zero attached hydrogens (tertiary/aromatic N) is 1. The van der Waals surface area contributed by atoms with Crippen LogP contribution in [0, 0.1) is 0 Å². The minimum Gasteiger partial charge on any atom is -0.479 e. The van der Waals surface area contributed by atoms with Gasteiger partial charge in [-0.15, -0.1) is 0 Å². The lowest BCUT2D eigenvalue weighted by molar-refractivity contribution is -0.145. The molecule has 1 unspecified atom stereocenters. The number of benzene rings is 1. The van der Waals surface area contributed by atoms with Gasteiger partial charge >= 0.3 is 5.97 Å². The fourth-order valence-electron chi connectivity index (χ4n) is 1.91. The summed E-state index contributed by atoms with van der Waals surface area (Å²) in [6, 6.07) is 8.27. The van der Waals surface area contributed by atoms with Crippen LogP contribution < -0.4 is 5.32 Å². The SMILES string of the molecule is COCC(C)(NC(=O)c1cc(-c2cccc(Cl)c2)on1)C(=O)O. The maximum Gasteiger partial charge on any atom is 0.331 e. The molecule has 0 radical (unpaired) electrons. The van der Waals surface area contributed by atoms with Gasteiger partial charge in [0.1, 0.15) is 0 Å². The molecule has 1 heterocycles. The van der Waals surface area contributed by atoms with E-state index in [-0.39, 0.29) is 12.3 Å². The highest BCUT2D eigenvalue weighted by atomic mass is 35.5. The van der Waals surface area contributed by atoms with Crippen LogP contribution in [-0.4, -0.2) is 41.4 Å². The van der Waals surface area contributed by atoms with E-state index in [9.17, 15) is 14.7 Å². The summed E-state index contributed by atoms with van der Waals surface area (Å²) in [7, 11) is 1.35. The summed E-state index contributed by atoms with van der Waals surface area (Å²) in [4.78, 5) is 23.5. The minimum absolute atomic E-state index is 0.0384. The molecule has 8 heteroatoms. The van der Waals surface area contributed by atoms with Gasteiger partial charge in [0.15, 0.2) is 17.0 Å². The predicted octanol–water partition coefficient (Wildman–Crippen LogP) is 2.21. The number of hydrogen-bond acceptors (Lipinski definition) is 5. The number of halogens is 1. The van der Waals surface area contributed by atoms with E-state index in [0.717, 1.165) is 0 Å². The lowest BCUT2D eigenvalue weighted by Gasteiger charge is -2.24. The number of amides is 1. The van der Waals surface area contributed by atoms with Gasteiger partial charge in [-0.05, 0) is 19.1 Å². The first-order valence-electron chi connectivity index (χ1n) is 6.63. The predicted molar refractivity (Wildman–Crippen MR) is 82.3 cm³/mol. The number of carboxylic acids is 1. The first-order chi connectivity index (χ1) is 10.9. The smallest absolute Gasteiger partial charge is 0.331 e. The summed E-state index contributed by atoms with van der Waals surface area (Å²) >= 11 is 5.90. The summed E-state index contributed by atoms with van der Waals surface area (Å²) in [5, 5.41) is 15.8. The number of methoxy groups -OCH3 is 1. The number of carbonyl (C=O) groups excluding carboxylic acids is 1. The zero-order valence-electron chi connectivity index (χ0n) is 12.5. The van der Waals surface area contributed by atoms with Crippen LogP contribution in [-0.2, 0) is 9.53 Å². The van der Waals surface area contributed by atoms with E-state index >= 15 is 0 Å². The zero-order chi connectivity index (χ0) is 17.0. The molecule has 7 nitrogen and oxygen atoms in total. The standard InChI is InChI=1S/C15H15ClN2O5/c1-15(8-22-2,14(20)21)17-13(19)11-7-12(23-18-11)9-4-3-5-10(16)6-9/h3-7H,8H2,1-2H3,(H,17,19)(H,20,21). The molecule has 1 aromatic heterocycles. The van der Waals surface area contributed by atoms with Crippen molar-refractivity contribution >= 4 is 23.5 Å². The van der Waals surface area contributed by atoms with E-state index < -0.39 is 17.4 Å². The summed E-state index contributed by atoms with van der Waals surface area (Å²) in [6.07, 6.45) is 0. The molecule has 0 fully saturated rings. The first-order valence-corrected chi connectivity index (χ1v) is 7.01. The Hall–Kier alpha value is -2.38. The van der Waals surface area contributed by atoms with Crippen LogP contribution in [0.5, 0.6) is 0 Å². The maximum atomic E-state index is 12.2. The van der Waals surface area contributed by atoms with Gasteiger partial charge in [-0.1, -0.05) is 28.9 Å². The summed E-state index contributed by atoms with van der Waals surface area (Å²) in [5.74, 6) is -1.54. The van der Waals surface area contributed by atoms with Crippen molar-refractivity contribution in [2.75, 3.05) is 13.7 Å². The molecule has 0 aliphatic heterocycles. The van der Waals surface area contributed by atoms with Crippen molar-refractivity contribution in [3.8, 4) is 11.3 Å². The van der Waals surface area contributed by atoms with Gasteiger partial charge in [0.05, 0.1) is 6.61 Å². The van der Waals surface area contributed by atoms with Crippen LogP contribution in [0.2, 0.25) is 5.02 Å². The second kappa shape index (κ2) is 6.80. The van der Waals surface area contributed by atoms with Gasteiger partial charge in [-0.3, -0.25) is 4.79 Å². The number of rotatable bonds is 6. The summed E-state index contributed by atoms with van der Waals surface area (Å²) < 4.78 is 9.95. The van der Waals surface area contributed by atoms with Crippen molar-refractivity contribution in [2.24, 2.45) is 0 Å². The molecule has 0 aliphatic carbocycles. The monoisotopic (exact) mass is 338 g/mol. The van der Waals surface area contributed by atoms with Crippen LogP contribution in [0.3, 0.4) is 0 Å². The minimum atomic E-state index is -1.57. The Kier molecular flexibility index (Phi) is 5.02. The molecule has 0 saturated heterocycles. The Morgan fingerprint density at radius 2 is 2.17 bits per heavy atom. The van der Waals surface area contributed by atoms with Crippen LogP contribution in [0.25, 0.3) is 11.3 Å². The Morgan fingerprint density at radius 3 is 2.78 bits per heavy atom. The van der Waals surface area contributed by atoms with Crippen molar-refractivity contribution in [1.82, 2.24) is 10.5 Å². The van der Waals surface area contributed by atoms with Gasteiger partial charge in [-0.25, -0.2) is 4.79 Å². The third-order valence-corrected chi connectivity index (χ3v) is 3.38. The average Bonchev–Trinajstić information content (AvgIpc) is 2.97. The molecule has 2 N–H and O–H groups in total. The second-order valence-electron chi connectivity index (χ2n) is 5.11. The van der Waals surface area contributed by atoms with Gasteiger partial charge < -0.3 is 19.7 Å². The first kappa shape index (κ1) is 17.0. The second-order valence-corrected chi connectivity index (χ2v) is 5.55. The molecule has 0 spiro atoms. The van der Waals surface area contributed by atoms with Gasteiger partial charge in [0.2, 0.25) is 0 Å². The molecule has 2 aromatic rings. The molecule has 0 aliphatic rings. The average molecular weight is 339 g/mol. The van der Waals surface area contributed by atoms with Gasteiger partial charge in [0, 0.05) is 23.8 Å². The quantitative estimate of drug-likeness (QED) is 0.837. The number of aromatic nitrogens is 1. The molecule has 2 rings (SSSR count). The number of carbonyl (C=O) groups is 2. The molecular weight excluding hydrogens is 324 g/mol. The number of hydrogen-bond donors (Lipinski definition) is 2. The Bertz CT molecular complexity index is 730. The molecule has 122 valence electrons. The lowest BCUT2D eigenvalue weighted by atomic mass is 10.0. The van der Waals surface area contributed by atoms with E-state index in [2.05, 4.69) is 10.5 Å². The maximum absolute atomic E-state index is 12.2. The summed E-state index contributed by atoms with van der Waals surface area (Å²) in [5.41, 5.74) is -0.952. The molecule has 1 atom stereocenters.